The summed E-state index contributed by atoms with van der Waals surface area (Å²) in [5.74, 6) is 1.18. The molecule has 1 fully saturated rings. The quantitative estimate of drug-likeness (QED) is 0.820. The van der Waals surface area contributed by atoms with Crippen molar-refractivity contribution < 1.29 is 4.79 Å². The van der Waals surface area contributed by atoms with Crippen LogP contribution < -0.4 is 15.5 Å². The van der Waals surface area contributed by atoms with E-state index in [1.54, 1.807) is 13.1 Å². The molecular weight excluding hydrogens is 266 g/mol. The number of anilines is 1. The van der Waals surface area contributed by atoms with E-state index < -0.39 is 0 Å². The van der Waals surface area contributed by atoms with Crippen molar-refractivity contribution in [1.29, 1.82) is 0 Å². The van der Waals surface area contributed by atoms with Crippen LogP contribution in [0.15, 0.2) is 12.1 Å². The van der Waals surface area contributed by atoms with E-state index in [-0.39, 0.29) is 5.91 Å². The minimum atomic E-state index is -0.207. The van der Waals surface area contributed by atoms with Gasteiger partial charge in [-0.05, 0) is 37.4 Å². The van der Waals surface area contributed by atoms with Crippen LogP contribution in [-0.4, -0.2) is 48.8 Å². The second-order valence-electron chi connectivity index (χ2n) is 5.95. The number of hydrogen-bond donors (Lipinski definition) is 2. The van der Waals surface area contributed by atoms with Crippen molar-refractivity contribution in [1.82, 2.24) is 20.8 Å². The fourth-order valence-corrected chi connectivity index (χ4v) is 2.62. The first-order chi connectivity index (χ1) is 10.1. The number of carbonyl (C=O) groups is 1. The molecule has 116 valence electrons. The van der Waals surface area contributed by atoms with Crippen molar-refractivity contribution in [3.8, 4) is 0 Å². The third-order valence-electron chi connectivity index (χ3n) is 3.62. The third kappa shape index (κ3) is 4.39. The molecule has 0 spiro atoms. The largest absolute Gasteiger partial charge is 0.354 e. The molecule has 0 saturated carbocycles. The number of carbonyl (C=O) groups excluding carboxylic acids is 1. The summed E-state index contributed by atoms with van der Waals surface area (Å²) in [5.41, 5.74) is 0.352. The number of rotatable bonds is 6. The summed E-state index contributed by atoms with van der Waals surface area (Å²) >= 11 is 0. The molecule has 0 bridgehead atoms. The van der Waals surface area contributed by atoms with Gasteiger partial charge in [0.15, 0.2) is 11.5 Å². The number of hydrogen-bond acceptors (Lipinski definition) is 5. The molecule has 1 aliphatic rings. The predicted molar refractivity (Wildman–Crippen MR) is 83.5 cm³/mol. The van der Waals surface area contributed by atoms with Gasteiger partial charge in [-0.3, -0.25) is 4.79 Å². The molecule has 1 aromatic rings. The monoisotopic (exact) mass is 291 g/mol. The highest BCUT2D eigenvalue weighted by Gasteiger charge is 2.20. The van der Waals surface area contributed by atoms with Crippen LogP contribution in [0.2, 0.25) is 0 Å². The van der Waals surface area contributed by atoms with E-state index in [2.05, 4.69) is 39.6 Å². The molecule has 6 nitrogen and oxygen atoms in total. The average Bonchev–Trinajstić information content (AvgIpc) is 2.98. The van der Waals surface area contributed by atoms with Crippen LogP contribution in [-0.2, 0) is 0 Å². The van der Waals surface area contributed by atoms with Crippen molar-refractivity contribution in [3.05, 3.63) is 17.8 Å². The maximum absolute atomic E-state index is 11.5. The Morgan fingerprint density at radius 2 is 2.29 bits per heavy atom. The van der Waals surface area contributed by atoms with Crippen molar-refractivity contribution >= 4 is 11.7 Å². The van der Waals surface area contributed by atoms with Gasteiger partial charge in [-0.25, -0.2) is 0 Å². The van der Waals surface area contributed by atoms with Crippen LogP contribution >= 0.6 is 0 Å². The Balaban J connectivity index is 2.09. The van der Waals surface area contributed by atoms with E-state index in [1.165, 1.54) is 12.8 Å². The second-order valence-corrected chi connectivity index (χ2v) is 5.95. The molecule has 1 aliphatic heterocycles. The van der Waals surface area contributed by atoms with Crippen molar-refractivity contribution in [2.45, 2.75) is 32.7 Å². The SMILES string of the molecule is CNC(=O)c1ccc(N(CC(C)C)CC2CCCN2)nn1. The van der Waals surface area contributed by atoms with Gasteiger partial charge in [-0.15, -0.1) is 10.2 Å². The number of amides is 1. The lowest BCUT2D eigenvalue weighted by molar-refractivity contribution is 0.0957. The molecule has 0 aliphatic carbocycles. The van der Waals surface area contributed by atoms with Gasteiger partial charge < -0.3 is 15.5 Å². The molecule has 2 rings (SSSR count). The third-order valence-corrected chi connectivity index (χ3v) is 3.62. The summed E-state index contributed by atoms with van der Waals surface area (Å²) < 4.78 is 0. The van der Waals surface area contributed by atoms with E-state index in [0.29, 0.717) is 17.7 Å². The van der Waals surface area contributed by atoms with E-state index in [9.17, 15) is 4.79 Å². The average molecular weight is 291 g/mol. The Morgan fingerprint density at radius 3 is 2.81 bits per heavy atom. The minimum Gasteiger partial charge on any atom is -0.354 e. The Morgan fingerprint density at radius 1 is 1.48 bits per heavy atom. The Labute approximate surface area is 126 Å². The Kier molecular flexibility index (Phi) is 5.50. The molecule has 0 radical (unpaired) electrons. The normalized spacial score (nSPS) is 18.0. The highest BCUT2D eigenvalue weighted by molar-refractivity contribution is 5.91. The Hall–Kier alpha value is -1.69. The predicted octanol–water partition coefficient (Wildman–Crippen LogP) is 1.05. The molecule has 2 heterocycles. The molecule has 1 amide bonds. The molecule has 1 unspecified atom stereocenters. The first-order valence-electron chi connectivity index (χ1n) is 7.64. The van der Waals surface area contributed by atoms with Gasteiger partial charge in [0.1, 0.15) is 0 Å². The van der Waals surface area contributed by atoms with Crippen molar-refractivity contribution in [2.24, 2.45) is 5.92 Å². The zero-order valence-corrected chi connectivity index (χ0v) is 13.1. The summed E-state index contributed by atoms with van der Waals surface area (Å²) in [5, 5.41) is 14.3. The van der Waals surface area contributed by atoms with Gasteiger partial charge in [0.05, 0.1) is 0 Å². The summed E-state index contributed by atoms with van der Waals surface area (Å²) in [7, 11) is 1.59. The van der Waals surface area contributed by atoms with E-state index in [4.69, 9.17) is 0 Å². The van der Waals surface area contributed by atoms with E-state index in [1.807, 2.05) is 6.07 Å². The van der Waals surface area contributed by atoms with Gasteiger partial charge in [-0.2, -0.15) is 0 Å². The van der Waals surface area contributed by atoms with Gasteiger partial charge in [0, 0.05) is 26.2 Å². The summed E-state index contributed by atoms with van der Waals surface area (Å²) in [6, 6.07) is 4.13. The highest BCUT2D eigenvalue weighted by Crippen LogP contribution is 2.15. The number of nitrogens with zero attached hydrogens (tertiary/aromatic N) is 3. The maximum Gasteiger partial charge on any atom is 0.271 e. The Bertz CT molecular complexity index is 454. The molecular formula is C15H25N5O. The second kappa shape index (κ2) is 7.36. The van der Waals surface area contributed by atoms with Gasteiger partial charge in [0.25, 0.3) is 5.91 Å². The van der Waals surface area contributed by atoms with E-state index in [0.717, 1.165) is 25.5 Å². The molecule has 1 atom stereocenters. The van der Waals surface area contributed by atoms with Crippen LogP contribution in [0.3, 0.4) is 0 Å². The number of aromatic nitrogens is 2. The zero-order valence-electron chi connectivity index (χ0n) is 13.1. The lowest BCUT2D eigenvalue weighted by atomic mass is 10.1. The van der Waals surface area contributed by atoms with Crippen LogP contribution in [0.5, 0.6) is 0 Å². The molecule has 6 heteroatoms. The lowest BCUT2D eigenvalue weighted by Gasteiger charge is -2.28. The van der Waals surface area contributed by atoms with Crippen LogP contribution in [0, 0.1) is 5.92 Å². The standard InChI is InChI=1S/C15H25N5O/c1-11(2)9-20(10-12-5-4-8-17-12)14-7-6-13(18-19-14)15(21)16-3/h6-7,11-12,17H,4-5,8-10H2,1-3H3,(H,16,21). The van der Waals surface area contributed by atoms with Gasteiger partial charge in [-0.1, -0.05) is 13.8 Å². The van der Waals surface area contributed by atoms with Crippen molar-refractivity contribution in [2.75, 3.05) is 31.6 Å². The first kappa shape index (κ1) is 15.7. The van der Waals surface area contributed by atoms with Crippen molar-refractivity contribution in [3.63, 3.8) is 0 Å². The lowest BCUT2D eigenvalue weighted by Crippen LogP contribution is -2.40. The molecule has 2 N–H and O–H groups in total. The van der Waals surface area contributed by atoms with Crippen LogP contribution in [0.1, 0.15) is 37.2 Å². The fourth-order valence-electron chi connectivity index (χ4n) is 2.62. The summed E-state index contributed by atoms with van der Waals surface area (Å²) in [6.07, 6.45) is 2.44. The number of nitrogens with one attached hydrogen (secondary N) is 2. The molecule has 0 aromatic carbocycles. The molecule has 21 heavy (non-hydrogen) atoms. The summed E-state index contributed by atoms with van der Waals surface area (Å²) in [6.45, 7) is 7.36. The first-order valence-corrected chi connectivity index (χ1v) is 7.64. The van der Waals surface area contributed by atoms with Crippen LogP contribution in [0.4, 0.5) is 5.82 Å². The maximum atomic E-state index is 11.5. The zero-order chi connectivity index (χ0) is 15.2. The smallest absolute Gasteiger partial charge is 0.271 e. The summed E-state index contributed by atoms with van der Waals surface area (Å²) in [4.78, 5) is 13.8. The van der Waals surface area contributed by atoms with Gasteiger partial charge in [0.2, 0.25) is 0 Å². The topological polar surface area (TPSA) is 70.2 Å². The minimum absolute atomic E-state index is 0.207. The van der Waals surface area contributed by atoms with E-state index >= 15 is 0 Å². The molecule has 1 saturated heterocycles. The molecule has 1 aromatic heterocycles. The van der Waals surface area contributed by atoms with Crippen LogP contribution in [0.25, 0.3) is 0 Å². The highest BCUT2D eigenvalue weighted by atomic mass is 16.1. The van der Waals surface area contributed by atoms with Gasteiger partial charge >= 0.3 is 0 Å². The fraction of sp³-hybridized carbons (Fsp3) is 0.667.